The van der Waals surface area contributed by atoms with E-state index in [0.29, 0.717) is 17.4 Å². The molecular formula is C62H116N2O6P+. The molecule has 0 aromatic heterocycles. The van der Waals surface area contributed by atoms with E-state index in [0.717, 1.165) is 70.6 Å². The molecule has 9 heteroatoms. The third-order valence-electron chi connectivity index (χ3n) is 13.2. The molecule has 0 saturated heterocycles. The van der Waals surface area contributed by atoms with Gasteiger partial charge in [0.1, 0.15) is 13.2 Å². The van der Waals surface area contributed by atoms with Gasteiger partial charge in [-0.1, -0.05) is 267 Å². The van der Waals surface area contributed by atoms with Gasteiger partial charge in [-0.2, -0.15) is 0 Å². The Balaban J connectivity index is 3.77. The maximum Gasteiger partial charge on any atom is 0.472 e. The smallest absolute Gasteiger partial charge is 0.387 e. The number of phosphoric acid groups is 1. The van der Waals surface area contributed by atoms with E-state index in [1.165, 1.54) is 173 Å². The van der Waals surface area contributed by atoms with Crippen molar-refractivity contribution in [3.05, 3.63) is 72.9 Å². The number of aliphatic hydroxyl groups excluding tert-OH is 1. The molecule has 71 heavy (non-hydrogen) atoms. The second-order valence-electron chi connectivity index (χ2n) is 21.3. The van der Waals surface area contributed by atoms with Crippen LogP contribution in [0.3, 0.4) is 0 Å². The molecule has 0 saturated carbocycles. The summed E-state index contributed by atoms with van der Waals surface area (Å²) < 4.78 is 23.6. The molecule has 0 aromatic rings. The van der Waals surface area contributed by atoms with E-state index in [2.05, 4.69) is 79.9 Å². The number of carbonyl (C=O) groups excluding carboxylic acids is 1. The van der Waals surface area contributed by atoms with E-state index in [1.54, 1.807) is 6.08 Å². The molecule has 0 fully saturated rings. The molecule has 414 valence electrons. The van der Waals surface area contributed by atoms with Crippen molar-refractivity contribution in [2.24, 2.45) is 0 Å². The zero-order valence-electron chi connectivity index (χ0n) is 47.2. The summed E-state index contributed by atoms with van der Waals surface area (Å²) in [5.41, 5.74) is 0. The fraction of sp³-hybridized carbons (Fsp3) is 0.790. The summed E-state index contributed by atoms with van der Waals surface area (Å²) in [5, 5.41) is 13.8. The number of nitrogens with zero attached hydrogens (tertiary/aromatic N) is 1. The molecule has 0 spiro atoms. The minimum Gasteiger partial charge on any atom is -0.387 e. The van der Waals surface area contributed by atoms with Crippen LogP contribution in [0.15, 0.2) is 72.9 Å². The molecule has 0 bridgehead atoms. The Kier molecular flexibility index (Phi) is 51.3. The first kappa shape index (κ1) is 68.9. The lowest BCUT2D eigenvalue weighted by Gasteiger charge is -2.25. The van der Waals surface area contributed by atoms with Crippen LogP contribution in [-0.2, 0) is 18.4 Å². The SMILES string of the molecule is CC/C=C\C/C=C\C/C=C\C/C=C\C/C=C\CCCCCCCCCCCCCCCCCCCCCCCCCCCC(=O)NC(COP(=O)(O)OCC[N+](C)(C)C)C(O)/C=C/CCCCCCCC. The average Bonchev–Trinajstić information content (AvgIpc) is 3.33. The maximum atomic E-state index is 12.9. The highest BCUT2D eigenvalue weighted by Gasteiger charge is 2.27. The summed E-state index contributed by atoms with van der Waals surface area (Å²) in [4.78, 5) is 23.1. The Morgan fingerprint density at radius 2 is 0.845 bits per heavy atom. The monoisotopic (exact) mass is 1020 g/mol. The van der Waals surface area contributed by atoms with Gasteiger partial charge in [-0.25, -0.2) is 4.57 Å². The number of likely N-dealkylation sites (N-methyl/N-ethyl adjacent to an activating group) is 1. The quantitative estimate of drug-likeness (QED) is 0.0243. The van der Waals surface area contributed by atoms with Crippen molar-refractivity contribution in [1.29, 1.82) is 0 Å². The van der Waals surface area contributed by atoms with Crippen molar-refractivity contribution in [2.75, 3.05) is 40.9 Å². The summed E-state index contributed by atoms with van der Waals surface area (Å²) in [7, 11) is 1.57. The normalized spacial score (nSPS) is 14.4. The first-order chi connectivity index (χ1) is 34.5. The molecule has 0 aliphatic heterocycles. The van der Waals surface area contributed by atoms with E-state index >= 15 is 0 Å². The van der Waals surface area contributed by atoms with E-state index in [1.807, 2.05) is 27.2 Å². The predicted molar refractivity (Wildman–Crippen MR) is 309 cm³/mol. The number of phosphoric ester groups is 1. The van der Waals surface area contributed by atoms with E-state index < -0.39 is 20.0 Å². The van der Waals surface area contributed by atoms with E-state index in [-0.39, 0.29) is 19.1 Å². The summed E-state index contributed by atoms with van der Waals surface area (Å²) in [6, 6.07) is -0.843. The number of hydrogen-bond donors (Lipinski definition) is 3. The number of rotatable bonds is 54. The van der Waals surface area contributed by atoms with Crippen molar-refractivity contribution in [2.45, 2.75) is 276 Å². The number of nitrogens with one attached hydrogen (secondary N) is 1. The van der Waals surface area contributed by atoms with Gasteiger partial charge in [-0.15, -0.1) is 0 Å². The van der Waals surface area contributed by atoms with Crippen LogP contribution in [0, 0.1) is 0 Å². The lowest BCUT2D eigenvalue weighted by Crippen LogP contribution is -2.45. The second-order valence-corrected chi connectivity index (χ2v) is 22.8. The van der Waals surface area contributed by atoms with Crippen molar-refractivity contribution < 1.29 is 32.9 Å². The van der Waals surface area contributed by atoms with Crippen LogP contribution in [-0.4, -0.2) is 73.4 Å². The summed E-state index contributed by atoms with van der Waals surface area (Å²) in [6.45, 7) is 4.66. The van der Waals surface area contributed by atoms with Crippen molar-refractivity contribution in [3.8, 4) is 0 Å². The highest BCUT2D eigenvalue weighted by atomic mass is 31.2. The third-order valence-corrected chi connectivity index (χ3v) is 14.2. The molecule has 0 radical (unpaired) electrons. The fourth-order valence-electron chi connectivity index (χ4n) is 8.54. The van der Waals surface area contributed by atoms with Crippen molar-refractivity contribution in [1.82, 2.24) is 5.32 Å². The molecule has 1 amide bonds. The minimum atomic E-state index is -4.33. The van der Waals surface area contributed by atoms with Crippen LogP contribution in [0.1, 0.15) is 264 Å². The first-order valence-corrected chi connectivity index (χ1v) is 31.3. The summed E-state index contributed by atoms with van der Waals surface area (Å²) in [6.07, 6.45) is 73.4. The molecule has 0 rings (SSSR count). The van der Waals surface area contributed by atoms with Crippen LogP contribution in [0.2, 0.25) is 0 Å². The van der Waals surface area contributed by atoms with Gasteiger partial charge in [0.25, 0.3) is 0 Å². The van der Waals surface area contributed by atoms with Gasteiger partial charge in [0.15, 0.2) is 0 Å². The van der Waals surface area contributed by atoms with Gasteiger partial charge in [-0.05, 0) is 64.2 Å². The fourth-order valence-corrected chi connectivity index (χ4v) is 9.28. The zero-order chi connectivity index (χ0) is 52.0. The van der Waals surface area contributed by atoms with Gasteiger partial charge >= 0.3 is 7.82 Å². The molecule has 0 aromatic carbocycles. The number of allylic oxidation sites excluding steroid dienone is 11. The Hall–Kier alpha value is -2.06. The summed E-state index contributed by atoms with van der Waals surface area (Å²) >= 11 is 0. The number of amides is 1. The highest BCUT2D eigenvalue weighted by molar-refractivity contribution is 7.47. The van der Waals surface area contributed by atoms with E-state index in [4.69, 9.17) is 9.05 Å². The maximum absolute atomic E-state index is 12.9. The standard InChI is InChI=1S/C62H115N2O6P/c1-6-8-10-12-14-16-17-18-19-20-21-22-23-24-25-26-27-28-29-30-31-32-33-34-35-36-37-38-39-40-41-42-43-44-45-46-47-48-50-52-54-56-62(66)63-60(59-70-71(67,68)69-58-57-64(3,4)5)61(65)55-53-51-49-15-13-11-9-7-2/h8,10,14,16,18-19,21-22,24-25,53,55,60-61,65H,6-7,9,11-13,15,17,20,23,26-52,54,56-59H2,1-5H3,(H-,63,66,67,68)/p+1/b10-8-,16-14-,19-18-,22-21-,25-24-,55-53+. The average molecular weight is 1020 g/mol. The number of aliphatic hydroxyl groups is 1. The number of unbranched alkanes of at least 4 members (excludes halogenated alkanes) is 31. The lowest BCUT2D eigenvalue weighted by atomic mass is 10.0. The second kappa shape index (κ2) is 52.8. The van der Waals surface area contributed by atoms with Gasteiger partial charge in [0.2, 0.25) is 5.91 Å². The minimum absolute atomic E-state index is 0.0615. The Morgan fingerprint density at radius 3 is 1.24 bits per heavy atom. The molecule has 3 N–H and O–H groups in total. The Bertz CT molecular complexity index is 1380. The molecular weight excluding hydrogens is 900 g/mol. The molecule has 0 aliphatic rings. The first-order valence-electron chi connectivity index (χ1n) is 29.8. The largest absolute Gasteiger partial charge is 0.472 e. The summed E-state index contributed by atoms with van der Waals surface area (Å²) in [5.74, 6) is -0.178. The van der Waals surface area contributed by atoms with Crippen LogP contribution in [0.25, 0.3) is 0 Å². The van der Waals surface area contributed by atoms with Crippen molar-refractivity contribution >= 4 is 13.7 Å². The number of hydrogen-bond acceptors (Lipinski definition) is 5. The zero-order valence-corrected chi connectivity index (χ0v) is 48.1. The van der Waals surface area contributed by atoms with Gasteiger partial charge in [0, 0.05) is 6.42 Å². The lowest BCUT2D eigenvalue weighted by molar-refractivity contribution is -0.870. The number of carbonyl (C=O) groups is 1. The molecule has 0 heterocycles. The molecule has 8 nitrogen and oxygen atoms in total. The van der Waals surface area contributed by atoms with Gasteiger partial charge in [0.05, 0.1) is 39.9 Å². The molecule has 3 unspecified atom stereocenters. The Morgan fingerprint density at radius 1 is 0.493 bits per heavy atom. The molecule has 0 aliphatic carbocycles. The molecule has 3 atom stereocenters. The highest BCUT2D eigenvalue weighted by Crippen LogP contribution is 2.43. The topological polar surface area (TPSA) is 105 Å². The Labute approximate surface area is 440 Å². The van der Waals surface area contributed by atoms with Crippen molar-refractivity contribution in [3.63, 3.8) is 0 Å². The van der Waals surface area contributed by atoms with Crippen LogP contribution in [0.4, 0.5) is 0 Å². The van der Waals surface area contributed by atoms with Gasteiger partial charge in [-0.3, -0.25) is 13.8 Å². The van der Waals surface area contributed by atoms with Crippen LogP contribution >= 0.6 is 7.82 Å². The third kappa shape index (κ3) is 55.5. The van der Waals surface area contributed by atoms with Crippen LogP contribution < -0.4 is 5.32 Å². The predicted octanol–water partition coefficient (Wildman–Crippen LogP) is 18.3. The van der Waals surface area contributed by atoms with Gasteiger partial charge < -0.3 is 19.8 Å². The number of quaternary nitrogens is 1. The van der Waals surface area contributed by atoms with Crippen LogP contribution in [0.5, 0.6) is 0 Å². The van der Waals surface area contributed by atoms with E-state index in [9.17, 15) is 19.4 Å².